The normalized spacial score (nSPS) is 11.2. The Hall–Kier alpha value is -1.71. The second-order valence-electron chi connectivity index (χ2n) is 2.29. The topological polar surface area (TPSA) is 62.5 Å². The van der Waals surface area contributed by atoms with E-state index in [1.165, 1.54) is 0 Å². The summed E-state index contributed by atoms with van der Waals surface area (Å²) < 4.78 is 0. The van der Waals surface area contributed by atoms with Crippen LogP contribution in [0.15, 0.2) is 23.5 Å². The van der Waals surface area contributed by atoms with Crippen LogP contribution in [0.4, 0.5) is 0 Å². The predicted octanol–water partition coefficient (Wildman–Crippen LogP) is 0.767. The number of aromatic nitrogens is 1. The summed E-state index contributed by atoms with van der Waals surface area (Å²) in [5.74, 6) is 0. The molecule has 1 aromatic heterocycles. The molecule has 1 heterocycles. The first-order valence-corrected chi connectivity index (χ1v) is 3.38. The molecule has 0 aliphatic carbocycles. The van der Waals surface area contributed by atoms with Crippen LogP contribution in [-0.4, -0.2) is 22.2 Å². The summed E-state index contributed by atoms with van der Waals surface area (Å²) in [5, 5.41) is 11.2. The molecule has 0 aliphatic rings. The Morgan fingerprint density at radius 1 is 1.75 bits per heavy atom. The van der Waals surface area contributed by atoms with Crippen LogP contribution in [0.3, 0.4) is 0 Å². The lowest BCUT2D eigenvalue weighted by Crippen LogP contribution is -2.02. The van der Waals surface area contributed by atoms with Crippen LogP contribution in [0.25, 0.3) is 0 Å². The smallest absolute Gasteiger partial charge is 0.172 e. The second kappa shape index (κ2) is 3.61. The molecule has 1 rings (SSSR count). The summed E-state index contributed by atoms with van der Waals surface area (Å²) in [6, 6.07) is 3.28. The fourth-order valence-electron chi connectivity index (χ4n) is 0.854. The molecule has 0 unspecified atom stereocenters. The number of nitrogens with zero attached hydrogens (tertiary/aromatic N) is 2. The lowest BCUT2D eigenvalue weighted by molar-refractivity contribution is -0.102. The van der Waals surface area contributed by atoms with Crippen LogP contribution in [0.5, 0.6) is 0 Å². The first-order chi connectivity index (χ1) is 5.77. The van der Waals surface area contributed by atoms with E-state index < -0.39 is 0 Å². The minimum atomic E-state index is 0.0144. The van der Waals surface area contributed by atoms with Gasteiger partial charge in [0.1, 0.15) is 5.71 Å². The van der Waals surface area contributed by atoms with Crippen molar-refractivity contribution < 1.29 is 10.0 Å². The average Bonchev–Trinajstić information content (AvgIpc) is 2.07. The first kappa shape index (κ1) is 8.39. The van der Waals surface area contributed by atoms with Crippen molar-refractivity contribution in [2.24, 2.45) is 5.16 Å². The highest BCUT2D eigenvalue weighted by atomic mass is 16.4. The average molecular weight is 164 g/mol. The fraction of sp³-hybridized carbons (Fsp3) is 0.125. The Labute approximate surface area is 69.6 Å². The summed E-state index contributed by atoms with van der Waals surface area (Å²) in [4.78, 5) is 14.3. The molecule has 0 atom stereocenters. The van der Waals surface area contributed by atoms with E-state index in [4.69, 9.17) is 5.21 Å². The maximum atomic E-state index is 10.3. The van der Waals surface area contributed by atoms with Crippen LogP contribution >= 0.6 is 0 Å². The van der Waals surface area contributed by atoms with Gasteiger partial charge in [-0.3, -0.25) is 9.78 Å². The Morgan fingerprint density at radius 3 is 3.00 bits per heavy atom. The van der Waals surface area contributed by atoms with E-state index in [0.29, 0.717) is 11.8 Å². The number of carbonyl (C=O) groups is 1. The Morgan fingerprint density at radius 2 is 2.50 bits per heavy atom. The van der Waals surface area contributed by atoms with E-state index in [-0.39, 0.29) is 5.71 Å². The van der Waals surface area contributed by atoms with Crippen LogP contribution in [0.2, 0.25) is 0 Å². The first-order valence-electron chi connectivity index (χ1n) is 3.38. The maximum absolute atomic E-state index is 10.3. The van der Waals surface area contributed by atoms with Crippen molar-refractivity contribution in [3.05, 3.63) is 29.6 Å². The molecule has 1 aromatic rings. The lowest BCUT2D eigenvalue weighted by atomic mass is 10.1. The van der Waals surface area contributed by atoms with Crippen molar-refractivity contribution in [3.63, 3.8) is 0 Å². The third-order valence-electron chi connectivity index (χ3n) is 1.41. The van der Waals surface area contributed by atoms with Gasteiger partial charge in [0.15, 0.2) is 6.29 Å². The molecule has 0 saturated heterocycles. The van der Waals surface area contributed by atoms with Crippen LogP contribution < -0.4 is 0 Å². The predicted molar refractivity (Wildman–Crippen MR) is 43.4 cm³/mol. The highest BCUT2D eigenvalue weighted by molar-refractivity contribution is 6.36. The molecule has 12 heavy (non-hydrogen) atoms. The summed E-state index contributed by atoms with van der Waals surface area (Å²) in [7, 11) is 0. The molecular formula is C8H8N2O2. The summed E-state index contributed by atoms with van der Waals surface area (Å²) in [5.41, 5.74) is 1.36. The van der Waals surface area contributed by atoms with Gasteiger partial charge in [0.05, 0.1) is 0 Å². The zero-order chi connectivity index (χ0) is 8.97. The number of aldehydes is 1. The summed E-state index contributed by atoms with van der Waals surface area (Å²) in [6.45, 7) is 1.79. The van der Waals surface area contributed by atoms with E-state index >= 15 is 0 Å². The quantitative estimate of drug-likeness (QED) is 0.304. The highest BCUT2D eigenvalue weighted by Gasteiger charge is 2.01. The lowest BCUT2D eigenvalue weighted by Gasteiger charge is -1.96. The Kier molecular flexibility index (Phi) is 2.53. The van der Waals surface area contributed by atoms with Crippen LogP contribution in [0.1, 0.15) is 11.3 Å². The molecule has 0 radical (unpaired) electrons. The van der Waals surface area contributed by atoms with Crippen molar-refractivity contribution in [1.82, 2.24) is 4.98 Å². The van der Waals surface area contributed by atoms with Gasteiger partial charge in [-0.15, -0.1) is 0 Å². The molecule has 4 heteroatoms. The molecule has 1 N–H and O–H groups in total. The summed E-state index contributed by atoms with van der Waals surface area (Å²) >= 11 is 0. The number of oxime groups is 1. The molecule has 0 amide bonds. The fourth-order valence-corrected chi connectivity index (χ4v) is 0.854. The number of carbonyl (C=O) groups excluding carboxylic acids is 1. The van der Waals surface area contributed by atoms with Crippen molar-refractivity contribution in [1.29, 1.82) is 0 Å². The van der Waals surface area contributed by atoms with Gasteiger partial charge in [0.25, 0.3) is 0 Å². The monoisotopic (exact) mass is 164 g/mol. The number of hydrogen-bond donors (Lipinski definition) is 1. The van der Waals surface area contributed by atoms with E-state index in [1.807, 2.05) is 0 Å². The number of hydrogen-bond acceptors (Lipinski definition) is 4. The zero-order valence-electron chi connectivity index (χ0n) is 6.56. The van der Waals surface area contributed by atoms with Crippen molar-refractivity contribution in [3.8, 4) is 0 Å². The van der Waals surface area contributed by atoms with Crippen molar-refractivity contribution in [2.75, 3.05) is 0 Å². The molecule has 0 saturated carbocycles. The second-order valence-corrected chi connectivity index (χ2v) is 2.29. The van der Waals surface area contributed by atoms with E-state index in [2.05, 4.69) is 10.1 Å². The molecule has 4 nitrogen and oxygen atoms in total. The number of aryl methyl sites for hydroxylation is 1. The van der Waals surface area contributed by atoms with E-state index in [0.717, 1.165) is 5.69 Å². The zero-order valence-corrected chi connectivity index (χ0v) is 6.56. The van der Waals surface area contributed by atoms with Gasteiger partial charge in [-0.2, -0.15) is 0 Å². The third kappa shape index (κ3) is 1.66. The number of rotatable bonds is 2. The van der Waals surface area contributed by atoms with Crippen LogP contribution in [0, 0.1) is 6.92 Å². The molecule has 0 aromatic carbocycles. The van der Waals surface area contributed by atoms with Crippen LogP contribution in [-0.2, 0) is 4.79 Å². The van der Waals surface area contributed by atoms with Gasteiger partial charge >= 0.3 is 0 Å². The van der Waals surface area contributed by atoms with E-state index in [1.54, 1.807) is 25.3 Å². The molecule has 0 spiro atoms. The van der Waals surface area contributed by atoms with Gasteiger partial charge in [-0.05, 0) is 19.1 Å². The number of pyridine rings is 1. The van der Waals surface area contributed by atoms with Gasteiger partial charge in [-0.1, -0.05) is 5.16 Å². The minimum Gasteiger partial charge on any atom is -0.410 e. The maximum Gasteiger partial charge on any atom is 0.172 e. The van der Waals surface area contributed by atoms with E-state index in [9.17, 15) is 4.79 Å². The van der Waals surface area contributed by atoms with Gasteiger partial charge in [0.2, 0.25) is 0 Å². The van der Waals surface area contributed by atoms with Crippen molar-refractivity contribution >= 4 is 12.0 Å². The SMILES string of the molecule is Cc1cc(C(C=O)=NO)ccn1. The largest absolute Gasteiger partial charge is 0.410 e. The standard InChI is InChI=1S/C8H8N2O2/c1-6-4-7(2-3-9-6)8(5-11)10-12/h2-5,12H,1H3. The minimum absolute atomic E-state index is 0.0144. The molecule has 0 fully saturated rings. The van der Waals surface area contributed by atoms with Crippen molar-refractivity contribution in [2.45, 2.75) is 6.92 Å². The molecular weight excluding hydrogens is 156 g/mol. The summed E-state index contributed by atoms with van der Waals surface area (Å²) in [6.07, 6.45) is 2.05. The van der Waals surface area contributed by atoms with Gasteiger partial charge < -0.3 is 5.21 Å². The molecule has 0 aliphatic heterocycles. The van der Waals surface area contributed by atoms with Gasteiger partial charge in [-0.25, -0.2) is 0 Å². The van der Waals surface area contributed by atoms with Gasteiger partial charge in [0, 0.05) is 17.5 Å². The Bertz CT molecular complexity index is 321. The third-order valence-corrected chi connectivity index (χ3v) is 1.41. The Balaban J connectivity index is 3.10. The molecule has 62 valence electrons. The highest BCUT2D eigenvalue weighted by Crippen LogP contribution is 2.00. The molecule has 0 bridgehead atoms.